The molecule has 124 valence electrons. The highest BCUT2D eigenvalue weighted by atomic mass is 28.4. The lowest BCUT2D eigenvalue weighted by atomic mass is 10.1. The summed E-state index contributed by atoms with van der Waals surface area (Å²) >= 11 is 0. The largest absolute Gasteiger partial charge is 0.543 e. The van der Waals surface area contributed by atoms with E-state index < -0.39 is 8.32 Å². The van der Waals surface area contributed by atoms with E-state index in [2.05, 4.69) is 50.9 Å². The van der Waals surface area contributed by atoms with E-state index in [4.69, 9.17) is 4.43 Å². The molecule has 0 unspecified atom stereocenters. The van der Waals surface area contributed by atoms with Crippen LogP contribution >= 0.6 is 0 Å². The van der Waals surface area contributed by atoms with Gasteiger partial charge in [-0.05, 0) is 53.2 Å². The SMILES string of the molecule is CN(C)c1ccc2cc(C=O)c(O[Si](C)(C)C(C)(C)C)cc2c1. The molecule has 23 heavy (non-hydrogen) atoms. The number of rotatable bonds is 4. The first-order chi connectivity index (χ1) is 10.5. The van der Waals surface area contributed by atoms with Gasteiger partial charge >= 0.3 is 0 Å². The molecule has 0 aliphatic heterocycles. The number of fused-ring (bicyclic) bond motifs is 1. The molecule has 0 saturated carbocycles. The molecule has 0 bridgehead atoms. The van der Waals surface area contributed by atoms with Crippen LogP contribution in [0, 0.1) is 0 Å². The van der Waals surface area contributed by atoms with Crippen LogP contribution in [-0.2, 0) is 0 Å². The highest BCUT2D eigenvalue weighted by molar-refractivity contribution is 6.74. The van der Waals surface area contributed by atoms with Crippen LogP contribution in [0.15, 0.2) is 30.3 Å². The molecule has 0 N–H and O–H groups in total. The van der Waals surface area contributed by atoms with Crippen molar-refractivity contribution in [3.63, 3.8) is 0 Å². The van der Waals surface area contributed by atoms with E-state index in [9.17, 15) is 4.79 Å². The Kier molecular flexibility index (Phi) is 4.58. The number of hydrogen-bond acceptors (Lipinski definition) is 3. The second-order valence-electron chi connectivity index (χ2n) is 7.80. The average molecular weight is 330 g/mol. The summed E-state index contributed by atoms with van der Waals surface area (Å²) in [6.07, 6.45) is 0.891. The van der Waals surface area contributed by atoms with Crippen molar-refractivity contribution in [3.05, 3.63) is 35.9 Å². The summed E-state index contributed by atoms with van der Waals surface area (Å²) in [6, 6.07) is 10.2. The zero-order valence-corrected chi connectivity index (χ0v) is 16.2. The normalized spacial score (nSPS) is 12.3. The zero-order valence-electron chi connectivity index (χ0n) is 15.2. The third kappa shape index (κ3) is 3.58. The maximum Gasteiger partial charge on any atom is 0.250 e. The molecule has 0 aliphatic rings. The topological polar surface area (TPSA) is 29.5 Å². The summed E-state index contributed by atoms with van der Waals surface area (Å²) in [5, 5.41) is 2.24. The summed E-state index contributed by atoms with van der Waals surface area (Å²) in [5.74, 6) is 0.704. The van der Waals surface area contributed by atoms with Crippen LogP contribution < -0.4 is 9.33 Å². The number of hydrogen-bond donors (Lipinski definition) is 0. The molecule has 0 heterocycles. The molecule has 0 saturated heterocycles. The summed E-state index contributed by atoms with van der Waals surface area (Å²) in [4.78, 5) is 13.6. The number of anilines is 1. The Labute approximate surface area is 140 Å². The van der Waals surface area contributed by atoms with Crippen molar-refractivity contribution in [1.82, 2.24) is 0 Å². The maximum atomic E-state index is 11.5. The standard InChI is InChI=1S/C19H27NO2Si/c1-19(2,3)23(6,7)22-18-12-15-11-17(20(4)5)9-8-14(15)10-16(18)13-21/h8-13H,1-7H3. The van der Waals surface area contributed by atoms with Crippen LogP contribution in [0.3, 0.4) is 0 Å². The Morgan fingerprint density at radius 1 is 1.04 bits per heavy atom. The molecule has 0 fully saturated rings. The summed E-state index contributed by atoms with van der Waals surface area (Å²) in [7, 11) is 2.06. The van der Waals surface area contributed by atoms with Crippen molar-refractivity contribution >= 4 is 31.1 Å². The van der Waals surface area contributed by atoms with E-state index in [0.29, 0.717) is 11.3 Å². The summed E-state index contributed by atoms with van der Waals surface area (Å²) in [5.41, 5.74) is 1.76. The number of nitrogens with zero attached hydrogens (tertiary/aromatic N) is 1. The molecule has 0 amide bonds. The van der Waals surface area contributed by atoms with Crippen LogP contribution in [0.5, 0.6) is 5.75 Å². The maximum absolute atomic E-state index is 11.5. The number of benzene rings is 2. The second kappa shape index (κ2) is 6.00. The minimum atomic E-state index is -1.99. The number of carbonyl (C=O) groups excluding carboxylic acids is 1. The fraction of sp³-hybridized carbons (Fsp3) is 0.421. The van der Waals surface area contributed by atoms with Crippen molar-refractivity contribution in [1.29, 1.82) is 0 Å². The van der Waals surface area contributed by atoms with Gasteiger partial charge in [-0.2, -0.15) is 0 Å². The molecule has 2 aromatic rings. The van der Waals surface area contributed by atoms with Gasteiger partial charge in [-0.1, -0.05) is 26.8 Å². The third-order valence-corrected chi connectivity index (χ3v) is 9.11. The highest BCUT2D eigenvalue weighted by Gasteiger charge is 2.39. The third-order valence-electron chi connectivity index (χ3n) is 4.77. The molecular formula is C19H27NO2Si. The van der Waals surface area contributed by atoms with E-state index in [1.807, 2.05) is 32.3 Å². The molecule has 0 spiro atoms. The second-order valence-corrected chi connectivity index (χ2v) is 12.5. The first kappa shape index (κ1) is 17.5. The molecule has 4 heteroatoms. The van der Waals surface area contributed by atoms with Crippen LogP contribution in [0.1, 0.15) is 31.1 Å². The molecule has 2 rings (SSSR count). The van der Waals surface area contributed by atoms with Crippen molar-refractivity contribution in [2.45, 2.75) is 38.9 Å². The van der Waals surface area contributed by atoms with E-state index in [1.54, 1.807) is 0 Å². The summed E-state index contributed by atoms with van der Waals surface area (Å²) < 4.78 is 6.39. The lowest BCUT2D eigenvalue weighted by Gasteiger charge is -2.36. The predicted octanol–water partition coefficient (Wildman–Crippen LogP) is 5.10. The van der Waals surface area contributed by atoms with Gasteiger partial charge in [0.15, 0.2) is 6.29 Å². The quantitative estimate of drug-likeness (QED) is 0.577. The van der Waals surface area contributed by atoms with Gasteiger partial charge in [0, 0.05) is 19.8 Å². The van der Waals surface area contributed by atoms with Crippen molar-refractivity contribution in [3.8, 4) is 5.75 Å². The predicted molar refractivity (Wildman–Crippen MR) is 101 cm³/mol. The van der Waals surface area contributed by atoms with E-state index >= 15 is 0 Å². The lowest BCUT2D eigenvalue weighted by molar-refractivity contribution is 0.112. The van der Waals surface area contributed by atoms with E-state index in [1.165, 1.54) is 0 Å². The van der Waals surface area contributed by atoms with Gasteiger partial charge in [0.25, 0.3) is 8.32 Å². The fourth-order valence-electron chi connectivity index (χ4n) is 2.17. The average Bonchev–Trinajstić information content (AvgIpc) is 2.44. The first-order valence-corrected chi connectivity index (χ1v) is 10.9. The van der Waals surface area contributed by atoms with Gasteiger partial charge in [-0.3, -0.25) is 4.79 Å². The fourth-order valence-corrected chi connectivity index (χ4v) is 3.20. The minimum Gasteiger partial charge on any atom is -0.543 e. The molecule has 2 aromatic carbocycles. The molecular weight excluding hydrogens is 302 g/mol. The Balaban J connectivity index is 2.55. The minimum absolute atomic E-state index is 0.0909. The number of carbonyl (C=O) groups is 1. The molecule has 0 radical (unpaired) electrons. The van der Waals surface area contributed by atoms with E-state index in [0.717, 1.165) is 22.7 Å². The van der Waals surface area contributed by atoms with Gasteiger partial charge in [0.05, 0.1) is 5.56 Å². The highest BCUT2D eigenvalue weighted by Crippen LogP contribution is 2.39. The number of aldehydes is 1. The van der Waals surface area contributed by atoms with Crippen LogP contribution in [0.4, 0.5) is 5.69 Å². The van der Waals surface area contributed by atoms with E-state index in [-0.39, 0.29) is 5.04 Å². The van der Waals surface area contributed by atoms with Gasteiger partial charge in [0.2, 0.25) is 0 Å². The van der Waals surface area contributed by atoms with Crippen molar-refractivity contribution < 1.29 is 9.22 Å². The molecule has 3 nitrogen and oxygen atoms in total. The van der Waals surface area contributed by atoms with Gasteiger partial charge in [0.1, 0.15) is 5.75 Å². The smallest absolute Gasteiger partial charge is 0.250 e. The monoisotopic (exact) mass is 329 g/mol. The van der Waals surface area contributed by atoms with Gasteiger partial charge < -0.3 is 9.33 Å². The molecule has 0 atom stereocenters. The Hall–Kier alpha value is -1.81. The van der Waals surface area contributed by atoms with Crippen LogP contribution in [0.25, 0.3) is 10.8 Å². The van der Waals surface area contributed by atoms with Crippen LogP contribution in [-0.4, -0.2) is 28.7 Å². The van der Waals surface area contributed by atoms with Crippen LogP contribution in [0.2, 0.25) is 18.1 Å². The van der Waals surface area contributed by atoms with Crippen molar-refractivity contribution in [2.75, 3.05) is 19.0 Å². The van der Waals surface area contributed by atoms with Crippen molar-refractivity contribution in [2.24, 2.45) is 0 Å². The Morgan fingerprint density at radius 2 is 1.70 bits per heavy atom. The molecule has 0 aliphatic carbocycles. The van der Waals surface area contributed by atoms with Gasteiger partial charge in [-0.25, -0.2) is 0 Å². The lowest BCUT2D eigenvalue weighted by Crippen LogP contribution is -2.44. The Bertz CT molecular complexity index is 730. The Morgan fingerprint density at radius 3 is 2.22 bits per heavy atom. The summed E-state index contributed by atoms with van der Waals surface area (Å²) in [6.45, 7) is 11.0. The zero-order chi connectivity index (χ0) is 17.4. The molecule has 0 aromatic heterocycles. The van der Waals surface area contributed by atoms with Gasteiger partial charge in [-0.15, -0.1) is 0 Å². The first-order valence-electron chi connectivity index (χ1n) is 7.94.